The fourth-order valence-electron chi connectivity index (χ4n) is 7.90. The van der Waals surface area contributed by atoms with Crippen molar-refractivity contribution in [1.29, 1.82) is 0 Å². The predicted molar refractivity (Wildman–Crippen MR) is 231 cm³/mol. The lowest BCUT2D eigenvalue weighted by molar-refractivity contribution is 0.631. The van der Waals surface area contributed by atoms with Gasteiger partial charge in [-0.2, -0.15) is 0 Å². The Bertz CT molecular complexity index is 2960. The minimum Gasteiger partial charge on any atom is -0.309 e. The summed E-state index contributed by atoms with van der Waals surface area (Å²) in [5, 5.41) is 5.00. The Morgan fingerprint density at radius 1 is 0.327 bits per heavy atom. The van der Waals surface area contributed by atoms with Gasteiger partial charge in [-0.3, -0.25) is 0 Å². The minimum atomic E-state index is -0.240. The van der Waals surface area contributed by atoms with E-state index < -0.39 is 0 Å². The Morgan fingerprint density at radius 3 is 1.04 bits per heavy atom. The van der Waals surface area contributed by atoms with E-state index in [0.29, 0.717) is 5.56 Å². The number of nitrogens with zero attached hydrogens (tertiary/aromatic N) is 2. The maximum absolute atomic E-state index is 15.5. The van der Waals surface area contributed by atoms with Gasteiger partial charge in [-0.05, 0) is 82.4 Å². The number of fused-ring (bicyclic) bond motifs is 6. The van der Waals surface area contributed by atoms with Crippen LogP contribution >= 0.6 is 0 Å². The molecule has 0 N–H and O–H groups in total. The van der Waals surface area contributed by atoms with Crippen LogP contribution in [0.5, 0.6) is 0 Å². The Kier molecular flexibility index (Phi) is 8.04. The maximum atomic E-state index is 15.5. The Morgan fingerprint density at radius 2 is 0.655 bits per heavy atom. The third-order valence-electron chi connectivity index (χ3n) is 10.6. The molecule has 8 aromatic carbocycles. The highest BCUT2D eigenvalue weighted by atomic mass is 19.1. The van der Waals surface area contributed by atoms with E-state index in [1.165, 1.54) is 43.6 Å². The van der Waals surface area contributed by atoms with Crippen LogP contribution in [0.3, 0.4) is 0 Å². The number of para-hydroxylation sites is 4. The number of aromatic nitrogens is 2. The van der Waals surface area contributed by atoms with Gasteiger partial charge in [-0.1, -0.05) is 158 Å². The molecule has 0 radical (unpaired) electrons. The molecule has 0 unspecified atom stereocenters. The molecule has 0 atom stereocenters. The molecule has 260 valence electrons. The Balaban J connectivity index is 0.825. The van der Waals surface area contributed by atoms with Gasteiger partial charge < -0.3 is 9.13 Å². The molecule has 0 amide bonds. The first kappa shape index (κ1) is 32.4. The van der Waals surface area contributed by atoms with E-state index in [-0.39, 0.29) is 5.82 Å². The van der Waals surface area contributed by atoms with Gasteiger partial charge in [0.05, 0.1) is 22.1 Å². The fraction of sp³-hybridized carbons (Fsp3) is 0. The first-order valence-electron chi connectivity index (χ1n) is 18.6. The fourth-order valence-corrected chi connectivity index (χ4v) is 7.90. The standard InChI is InChI=1S/C52H35FN2/c53-48-35-39(20-19-38-25-32-42(33-26-38)55-51-15-7-3-11-46(51)47-12-4-8-16-52(47)55)27-34-43(48)40-28-21-36(22-29-40)17-18-37-23-30-41(31-24-37)54-49-13-5-1-9-44(49)45-10-2-6-14-50(45)54/h1-35H. The molecule has 0 fully saturated rings. The van der Waals surface area contributed by atoms with Gasteiger partial charge in [0.25, 0.3) is 0 Å². The molecule has 3 heteroatoms. The van der Waals surface area contributed by atoms with E-state index in [0.717, 1.165) is 39.2 Å². The third kappa shape index (κ3) is 5.93. The molecule has 0 saturated carbocycles. The maximum Gasteiger partial charge on any atom is 0.131 e. The molecule has 0 saturated heterocycles. The van der Waals surface area contributed by atoms with Crippen LogP contribution in [0.15, 0.2) is 188 Å². The van der Waals surface area contributed by atoms with Crippen molar-refractivity contribution in [3.05, 3.63) is 216 Å². The van der Waals surface area contributed by atoms with Gasteiger partial charge in [-0.15, -0.1) is 0 Å². The minimum absolute atomic E-state index is 0.240. The number of halogens is 1. The Hall–Kier alpha value is -7.23. The molecule has 0 bridgehead atoms. The summed E-state index contributed by atoms with van der Waals surface area (Å²) in [4.78, 5) is 0. The van der Waals surface area contributed by atoms with Crippen LogP contribution in [-0.4, -0.2) is 9.13 Å². The number of rotatable bonds is 7. The number of benzene rings is 8. The van der Waals surface area contributed by atoms with Gasteiger partial charge in [0.2, 0.25) is 0 Å². The smallest absolute Gasteiger partial charge is 0.131 e. The van der Waals surface area contributed by atoms with Crippen molar-refractivity contribution in [2.45, 2.75) is 0 Å². The topological polar surface area (TPSA) is 9.86 Å². The first-order chi connectivity index (χ1) is 27.2. The van der Waals surface area contributed by atoms with Crippen molar-refractivity contribution < 1.29 is 4.39 Å². The Labute approximate surface area is 319 Å². The van der Waals surface area contributed by atoms with Crippen LogP contribution in [0, 0.1) is 5.82 Å². The van der Waals surface area contributed by atoms with Crippen LogP contribution in [0.25, 0.3) is 90.4 Å². The molecule has 2 nitrogen and oxygen atoms in total. The van der Waals surface area contributed by atoms with Gasteiger partial charge in [0.15, 0.2) is 0 Å². The van der Waals surface area contributed by atoms with E-state index in [1.807, 2.05) is 48.6 Å². The molecule has 0 aliphatic carbocycles. The zero-order valence-corrected chi connectivity index (χ0v) is 30.0. The third-order valence-corrected chi connectivity index (χ3v) is 10.6. The second-order valence-corrected chi connectivity index (χ2v) is 14.0. The molecular formula is C52H35FN2. The van der Waals surface area contributed by atoms with Crippen LogP contribution in [0.4, 0.5) is 4.39 Å². The predicted octanol–water partition coefficient (Wildman–Crippen LogP) is 14.0. The normalized spacial score (nSPS) is 11.9. The van der Waals surface area contributed by atoms with E-state index >= 15 is 4.39 Å². The summed E-state index contributed by atoms with van der Waals surface area (Å²) in [6.07, 6.45) is 8.21. The summed E-state index contributed by atoms with van der Waals surface area (Å²) in [7, 11) is 0. The zero-order chi connectivity index (χ0) is 36.7. The van der Waals surface area contributed by atoms with E-state index in [1.54, 1.807) is 6.07 Å². The molecule has 0 aliphatic rings. The highest BCUT2D eigenvalue weighted by Gasteiger charge is 2.13. The molecular weight excluding hydrogens is 672 g/mol. The van der Waals surface area contributed by atoms with E-state index in [4.69, 9.17) is 0 Å². The van der Waals surface area contributed by atoms with Crippen LogP contribution in [0.1, 0.15) is 22.3 Å². The summed E-state index contributed by atoms with van der Waals surface area (Å²) >= 11 is 0. The van der Waals surface area contributed by atoms with Gasteiger partial charge in [0.1, 0.15) is 5.82 Å². The number of hydrogen-bond donors (Lipinski definition) is 0. The van der Waals surface area contributed by atoms with Gasteiger partial charge >= 0.3 is 0 Å². The van der Waals surface area contributed by atoms with Crippen LogP contribution in [0.2, 0.25) is 0 Å². The average molecular weight is 707 g/mol. The molecule has 10 aromatic rings. The van der Waals surface area contributed by atoms with Crippen molar-refractivity contribution in [3.8, 4) is 22.5 Å². The molecule has 2 heterocycles. The van der Waals surface area contributed by atoms with Crippen LogP contribution in [-0.2, 0) is 0 Å². The zero-order valence-electron chi connectivity index (χ0n) is 30.0. The van der Waals surface area contributed by atoms with Crippen molar-refractivity contribution in [3.63, 3.8) is 0 Å². The molecule has 55 heavy (non-hydrogen) atoms. The van der Waals surface area contributed by atoms with E-state index in [9.17, 15) is 0 Å². The SMILES string of the molecule is Fc1cc(C=Cc2ccc(-n3c4ccccc4c4ccccc43)cc2)ccc1-c1ccc(C=Cc2ccc(-n3c4ccccc4c4ccccc43)cc2)cc1. The van der Waals surface area contributed by atoms with Gasteiger partial charge in [-0.25, -0.2) is 4.39 Å². The lowest BCUT2D eigenvalue weighted by Gasteiger charge is -2.08. The van der Waals surface area contributed by atoms with Crippen molar-refractivity contribution in [2.24, 2.45) is 0 Å². The van der Waals surface area contributed by atoms with Crippen molar-refractivity contribution in [1.82, 2.24) is 9.13 Å². The second kappa shape index (κ2) is 13.6. The monoisotopic (exact) mass is 706 g/mol. The molecule has 2 aromatic heterocycles. The highest BCUT2D eigenvalue weighted by molar-refractivity contribution is 6.10. The summed E-state index contributed by atoms with van der Waals surface area (Å²) in [6.45, 7) is 0. The van der Waals surface area contributed by atoms with E-state index in [2.05, 4.69) is 167 Å². The summed E-state index contributed by atoms with van der Waals surface area (Å²) in [6, 6.07) is 64.8. The summed E-state index contributed by atoms with van der Waals surface area (Å²) in [5.74, 6) is -0.240. The van der Waals surface area contributed by atoms with Gasteiger partial charge in [0, 0.05) is 38.5 Å². The van der Waals surface area contributed by atoms with Crippen molar-refractivity contribution >= 4 is 67.9 Å². The average Bonchev–Trinajstić information content (AvgIpc) is 3.76. The first-order valence-corrected chi connectivity index (χ1v) is 18.6. The lowest BCUT2D eigenvalue weighted by Crippen LogP contribution is -1.93. The molecule has 0 spiro atoms. The lowest BCUT2D eigenvalue weighted by atomic mass is 10.0. The van der Waals surface area contributed by atoms with Crippen LogP contribution < -0.4 is 0 Å². The number of hydrogen-bond acceptors (Lipinski definition) is 0. The quantitative estimate of drug-likeness (QED) is 0.146. The highest BCUT2D eigenvalue weighted by Crippen LogP contribution is 2.34. The summed E-state index contributed by atoms with van der Waals surface area (Å²) in [5.41, 5.74) is 12.5. The van der Waals surface area contributed by atoms with Crippen molar-refractivity contribution in [2.75, 3.05) is 0 Å². The molecule has 0 aliphatic heterocycles. The second-order valence-electron chi connectivity index (χ2n) is 14.0. The molecule has 10 rings (SSSR count). The summed E-state index contributed by atoms with van der Waals surface area (Å²) < 4.78 is 20.1. The largest absolute Gasteiger partial charge is 0.309 e.